The normalized spacial score (nSPS) is 10.6. The van der Waals surface area contributed by atoms with E-state index in [1.54, 1.807) is 29.1 Å². The highest BCUT2D eigenvalue weighted by Gasteiger charge is 2.10. The highest BCUT2D eigenvalue weighted by atomic mass is 79.9. The van der Waals surface area contributed by atoms with Crippen LogP contribution in [0.25, 0.3) is 0 Å². The summed E-state index contributed by atoms with van der Waals surface area (Å²) >= 11 is 6.53. The first-order valence-corrected chi connectivity index (χ1v) is 8.63. The summed E-state index contributed by atoms with van der Waals surface area (Å²) in [5, 5.41) is 6.75. The second-order valence-corrected chi connectivity index (χ2v) is 6.96. The largest absolute Gasteiger partial charge is 0.319 e. The molecule has 0 unspecified atom stereocenters. The molecule has 0 fully saturated rings. The van der Waals surface area contributed by atoms with Crippen molar-refractivity contribution in [3.63, 3.8) is 0 Å². The number of rotatable bonds is 4. The first-order chi connectivity index (χ1) is 11.5. The average Bonchev–Trinajstić information content (AvgIpc) is 2.96. The Labute approximate surface area is 154 Å². The summed E-state index contributed by atoms with van der Waals surface area (Å²) in [6.45, 7) is 0.606. The molecule has 4 nitrogen and oxygen atoms in total. The van der Waals surface area contributed by atoms with Crippen molar-refractivity contribution in [2.24, 2.45) is 0 Å². The number of benzene rings is 2. The first kappa shape index (κ1) is 16.9. The average molecular weight is 453 g/mol. The van der Waals surface area contributed by atoms with Crippen LogP contribution in [0.4, 0.5) is 10.1 Å². The summed E-state index contributed by atoms with van der Waals surface area (Å²) in [7, 11) is 0. The van der Waals surface area contributed by atoms with Gasteiger partial charge in [0.25, 0.3) is 5.91 Å². The van der Waals surface area contributed by atoms with E-state index in [0.29, 0.717) is 16.6 Å². The summed E-state index contributed by atoms with van der Waals surface area (Å²) in [6.07, 6.45) is 3.59. The van der Waals surface area contributed by atoms with E-state index in [-0.39, 0.29) is 11.6 Å². The van der Waals surface area contributed by atoms with E-state index >= 15 is 0 Å². The van der Waals surface area contributed by atoms with E-state index in [4.69, 9.17) is 0 Å². The number of nitrogens with one attached hydrogen (secondary N) is 1. The topological polar surface area (TPSA) is 46.9 Å². The van der Waals surface area contributed by atoms with Crippen LogP contribution >= 0.6 is 31.9 Å². The Morgan fingerprint density at radius 2 is 1.88 bits per heavy atom. The second-order valence-electron chi connectivity index (χ2n) is 5.13. The number of aromatic nitrogens is 2. The first-order valence-electron chi connectivity index (χ1n) is 7.04. The van der Waals surface area contributed by atoms with Crippen molar-refractivity contribution in [1.82, 2.24) is 9.78 Å². The van der Waals surface area contributed by atoms with E-state index in [2.05, 4.69) is 42.3 Å². The van der Waals surface area contributed by atoms with Crippen molar-refractivity contribution < 1.29 is 9.18 Å². The van der Waals surface area contributed by atoms with Gasteiger partial charge in [0.2, 0.25) is 0 Å². The predicted octanol–water partition coefficient (Wildman–Crippen LogP) is 4.85. The minimum Gasteiger partial charge on any atom is -0.319 e. The van der Waals surface area contributed by atoms with Crippen LogP contribution in [0.5, 0.6) is 0 Å². The minimum atomic E-state index is -0.487. The highest BCUT2D eigenvalue weighted by molar-refractivity contribution is 9.10. The Bertz CT molecular complexity index is 878. The molecule has 0 aliphatic heterocycles. The summed E-state index contributed by atoms with van der Waals surface area (Å²) in [4.78, 5) is 12.2. The zero-order chi connectivity index (χ0) is 17.1. The lowest BCUT2D eigenvalue weighted by atomic mass is 10.1. The Kier molecular flexibility index (Phi) is 5.11. The van der Waals surface area contributed by atoms with Gasteiger partial charge in [0.05, 0.1) is 22.9 Å². The molecule has 1 aromatic heterocycles. The maximum atomic E-state index is 13.8. The van der Waals surface area contributed by atoms with Crippen LogP contribution in [0.15, 0.2) is 63.8 Å². The molecule has 0 saturated heterocycles. The smallest absolute Gasteiger partial charge is 0.255 e. The third-order valence-electron chi connectivity index (χ3n) is 3.34. The third-order valence-corrected chi connectivity index (χ3v) is 4.24. The lowest BCUT2D eigenvalue weighted by molar-refractivity contribution is 0.102. The predicted molar refractivity (Wildman–Crippen MR) is 97.5 cm³/mol. The number of carbonyl (C=O) groups is 1. The molecule has 3 aromatic rings. The molecule has 2 aromatic carbocycles. The van der Waals surface area contributed by atoms with Crippen molar-refractivity contribution in [1.29, 1.82) is 0 Å². The molecule has 1 amide bonds. The van der Waals surface area contributed by atoms with Gasteiger partial charge in [0.15, 0.2) is 0 Å². The zero-order valence-corrected chi connectivity index (χ0v) is 15.5. The van der Waals surface area contributed by atoms with Gasteiger partial charge in [-0.05, 0) is 51.8 Å². The van der Waals surface area contributed by atoms with E-state index < -0.39 is 5.82 Å². The summed E-state index contributed by atoms with van der Waals surface area (Å²) in [5.41, 5.74) is 1.62. The van der Waals surface area contributed by atoms with Crippen molar-refractivity contribution in [2.45, 2.75) is 6.54 Å². The quantitative estimate of drug-likeness (QED) is 0.615. The van der Waals surface area contributed by atoms with Crippen LogP contribution in [0, 0.1) is 5.82 Å². The van der Waals surface area contributed by atoms with E-state index in [1.165, 1.54) is 12.1 Å². The molecule has 0 bridgehead atoms. The Morgan fingerprint density at radius 1 is 1.12 bits per heavy atom. The third kappa shape index (κ3) is 4.10. The van der Waals surface area contributed by atoms with Crippen LogP contribution in [0.2, 0.25) is 0 Å². The van der Waals surface area contributed by atoms with Crippen molar-refractivity contribution in [2.75, 3.05) is 5.32 Å². The molecular formula is C17H12Br2FN3O. The molecule has 24 heavy (non-hydrogen) atoms. The van der Waals surface area contributed by atoms with Crippen LogP contribution in [-0.2, 0) is 6.54 Å². The Balaban J connectivity index is 1.69. The van der Waals surface area contributed by atoms with Gasteiger partial charge < -0.3 is 5.32 Å². The Hall–Kier alpha value is -1.99. The number of hydrogen-bond donors (Lipinski definition) is 1. The molecule has 0 atom stereocenters. The summed E-state index contributed by atoms with van der Waals surface area (Å²) in [6, 6.07) is 11.6. The molecule has 1 heterocycles. The number of anilines is 1. The van der Waals surface area contributed by atoms with Crippen molar-refractivity contribution in [3.05, 3.63) is 80.7 Å². The lowest BCUT2D eigenvalue weighted by Crippen LogP contribution is -2.13. The van der Waals surface area contributed by atoms with Gasteiger partial charge >= 0.3 is 0 Å². The van der Waals surface area contributed by atoms with E-state index in [9.17, 15) is 9.18 Å². The van der Waals surface area contributed by atoms with Gasteiger partial charge in [0.1, 0.15) is 5.82 Å². The van der Waals surface area contributed by atoms with E-state index in [0.717, 1.165) is 10.0 Å². The van der Waals surface area contributed by atoms with Crippen molar-refractivity contribution >= 4 is 43.5 Å². The van der Waals surface area contributed by atoms with Crippen LogP contribution < -0.4 is 5.32 Å². The maximum Gasteiger partial charge on any atom is 0.255 e. The standard InChI is InChI=1S/C17H12Br2FN3O/c18-13-5-6-16(15(20)7-13)22-17(24)12-3-1-11(2-4-12)9-23-10-14(19)8-21-23/h1-8,10H,9H2,(H,22,24). The highest BCUT2D eigenvalue weighted by Crippen LogP contribution is 2.20. The van der Waals surface area contributed by atoms with Gasteiger partial charge in [-0.1, -0.05) is 28.1 Å². The van der Waals surface area contributed by atoms with Crippen LogP contribution in [0.1, 0.15) is 15.9 Å². The maximum absolute atomic E-state index is 13.8. The van der Waals surface area contributed by atoms with Gasteiger partial charge in [-0.25, -0.2) is 4.39 Å². The monoisotopic (exact) mass is 451 g/mol. The fraction of sp³-hybridized carbons (Fsp3) is 0.0588. The van der Waals surface area contributed by atoms with E-state index in [1.807, 2.05) is 18.3 Å². The molecule has 1 N–H and O–H groups in total. The molecule has 7 heteroatoms. The molecule has 122 valence electrons. The fourth-order valence-corrected chi connectivity index (χ4v) is 2.82. The summed E-state index contributed by atoms with van der Waals surface area (Å²) in [5.74, 6) is -0.844. The van der Waals surface area contributed by atoms with Crippen molar-refractivity contribution in [3.8, 4) is 0 Å². The number of nitrogens with zero attached hydrogens (tertiary/aromatic N) is 2. The molecule has 0 aliphatic carbocycles. The van der Waals surface area contributed by atoms with Gasteiger partial charge in [-0.3, -0.25) is 9.48 Å². The van der Waals surface area contributed by atoms with Gasteiger partial charge in [-0.2, -0.15) is 5.10 Å². The lowest BCUT2D eigenvalue weighted by Gasteiger charge is -2.08. The molecule has 0 aliphatic rings. The van der Waals surface area contributed by atoms with Crippen LogP contribution in [-0.4, -0.2) is 15.7 Å². The zero-order valence-electron chi connectivity index (χ0n) is 12.3. The molecule has 0 spiro atoms. The number of carbonyl (C=O) groups excluding carboxylic acids is 1. The molecule has 0 radical (unpaired) electrons. The van der Waals surface area contributed by atoms with Gasteiger partial charge in [0, 0.05) is 16.2 Å². The molecular weight excluding hydrogens is 441 g/mol. The Morgan fingerprint density at radius 3 is 2.50 bits per heavy atom. The second kappa shape index (κ2) is 7.27. The van der Waals surface area contributed by atoms with Crippen LogP contribution in [0.3, 0.4) is 0 Å². The SMILES string of the molecule is O=C(Nc1ccc(Br)cc1F)c1ccc(Cn2cc(Br)cn2)cc1. The van der Waals surface area contributed by atoms with Gasteiger partial charge in [-0.15, -0.1) is 0 Å². The fourth-order valence-electron chi connectivity index (χ4n) is 2.16. The number of halogens is 3. The molecule has 0 saturated carbocycles. The summed E-state index contributed by atoms with van der Waals surface area (Å²) < 4.78 is 17.1. The minimum absolute atomic E-state index is 0.147. The number of amides is 1. The number of hydrogen-bond acceptors (Lipinski definition) is 2. The molecule has 3 rings (SSSR count).